The summed E-state index contributed by atoms with van der Waals surface area (Å²) in [6.07, 6.45) is 0. The van der Waals surface area contributed by atoms with Gasteiger partial charge in [-0.3, -0.25) is 0 Å². The van der Waals surface area contributed by atoms with Crippen molar-refractivity contribution in [2.45, 2.75) is 10.8 Å². The molecular weight excluding hydrogens is 735 g/mol. The van der Waals surface area contributed by atoms with Gasteiger partial charge in [-0.15, -0.1) is 0 Å². The number of fused-ring (bicyclic) bond motifs is 21. The summed E-state index contributed by atoms with van der Waals surface area (Å²) in [5.41, 5.74) is 21.0. The normalized spacial score (nSPS) is 14.5. The Morgan fingerprint density at radius 3 is 1.39 bits per heavy atom. The van der Waals surface area contributed by atoms with Crippen LogP contribution in [0.15, 0.2) is 224 Å². The number of rotatable bonds is 2. The van der Waals surface area contributed by atoms with Gasteiger partial charge in [0.2, 0.25) is 0 Å². The molecule has 0 radical (unpaired) electrons. The number of nitrogens with zero attached hydrogens (tertiary/aromatic N) is 1. The summed E-state index contributed by atoms with van der Waals surface area (Å²) >= 11 is 0. The second-order valence-electron chi connectivity index (χ2n) is 17.1. The summed E-state index contributed by atoms with van der Waals surface area (Å²) in [4.78, 5) is 0. The highest BCUT2D eigenvalue weighted by atomic mass is 15.0. The van der Waals surface area contributed by atoms with Gasteiger partial charge in [-0.05, 0) is 119 Å². The second-order valence-corrected chi connectivity index (χ2v) is 17.1. The van der Waals surface area contributed by atoms with Gasteiger partial charge in [-0.1, -0.05) is 194 Å². The van der Waals surface area contributed by atoms with Crippen LogP contribution < -0.4 is 0 Å². The molecule has 3 aliphatic rings. The Kier molecular flexibility index (Phi) is 6.48. The monoisotopic (exact) mass is 771 g/mol. The molecule has 0 saturated carbocycles. The van der Waals surface area contributed by atoms with Crippen LogP contribution in [0.2, 0.25) is 0 Å². The Hall–Kier alpha value is -7.74. The fraction of sp³-hybridized carbons (Fsp3) is 0.0333. The largest absolute Gasteiger partial charge is 0.309 e. The highest BCUT2D eigenvalue weighted by molar-refractivity contribution is 6.22. The predicted octanol–water partition coefficient (Wildman–Crippen LogP) is 14.6. The topological polar surface area (TPSA) is 4.93 Å². The lowest BCUT2D eigenvalue weighted by atomic mass is 9.52. The molecular formula is C60H37N. The first-order chi connectivity index (χ1) is 30.3. The molecule has 1 heteroatoms. The Labute approximate surface area is 354 Å². The molecule has 0 atom stereocenters. The van der Waals surface area contributed by atoms with Gasteiger partial charge < -0.3 is 4.57 Å². The van der Waals surface area contributed by atoms with Crippen LogP contribution in [0.4, 0.5) is 0 Å². The van der Waals surface area contributed by atoms with Crippen LogP contribution in [0.1, 0.15) is 44.5 Å². The van der Waals surface area contributed by atoms with E-state index in [4.69, 9.17) is 0 Å². The van der Waals surface area contributed by atoms with Crippen molar-refractivity contribution in [1.82, 2.24) is 4.57 Å². The standard InChI is InChI=1S/C60H37N/c1-2-17-38(18-3-1)40-20-16-21-41(35-40)61-56-34-33-39-19-4-5-22-42(39)58(56)47-36-46-45-25-8-11-28-50(45)60(55(46)37-57(47)61)53-31-14-12-29-51(53)59(52-30-13-15-32-54(52)60)48-26-9-6-23-43(48)44-24-7-10-27-49(44)59/h1-37H. The van der Waals surface area contributed by atoms with Crippen LogP contribution in [-0.2, 0) is 10.8 Å². The average Bonchev–Trinajstić information content (AvgIpc) is 3.93. The van der Waals surface area contributed by atoms with E-state index >= 15 is 0 Å². The SMILES string of the molecule is c1ccc(-c2cccc(-n3c4cc5c(cc4c4c6ccccc6ccc43)-c3ccccc3C53c4ccccc4C4(c5ccccc5-c5ccccc54)c4ccccc43)c2)cc1. The minimum absolute atomic E-state index is 0.473. The van der Waals surface area contributed by atoms with Gasteiger partial charge in [0.25, 0.3) is 0 Å². The molecule has 61 heavy (non-hydrogen) atoms. The van der Waals surface area contributed by atoms with Gasteiger partial charge in [-0.25, -0.2) is 0 Å². The first kappa shape index (κ1) is 33.1. The molecule has 282 valence electrons. The fourth-order valence-electron chi connectivity index (χ4n) is 12.2. The highest BCUT2D eigenvalue weighted by Gasteiger charge is 2.59. The molecule has 0 bridgehead atoms. The van der Waals surface area contributed by atoms with E-state index in [0.29, 0.717) is 0 Å². The third kappa shape index (κ3) is 4.02. The first-order valence-electron chi connectivity index (χ1n) is 21.4. The molecule has 0 amide bonds. The Bertz CT molecular complexity index is 3560. The van der Waals surface area contributed by atoms with Crippen molar-refractivity contribution >= 4 is 32.6 Å². The van der Waals surface area contributed by atoms with Crippen molar-refractivity contribution in [3.05, 3.63) is 269 Å². The van der Waals surface area contributed by atoms with Gasteiger partial charge in [0.1, 0.15) is 0 Å². The van der Waals surface area contributed by atoms with E-state index in [1.807, 2.05) is 0 Å². The molecule has 0 saturated heterocycles. The maximum Gasteiger partial charge on any atom is 0.0720 e. The minimum Gasteiger partial charge on any atom is -0.309 e. The van der Waals surface area contributed by atoms with Gasteiger partial charge in [0.15, 0.2) is 0 Å². The molecule has 11 aromatic rings. The molecule has 1 nitrogen and oxygen atoms in total. The van der Waals surface area contributed by atoms with Gasteiger partial charge in [0, 0.05) is 16.5 Å². The lowest BCUT2D eigenvalue weighted by Gasteiger charge is -2.48. The fourth-order valence-corrected chi connectivity index (χ4v) is 12.2. The number of hydrogen-bond acceptors (Lipinski definition) is 0. The van der Waals surface area contributed by atoms with Crippen molar-refractivity contribution < 1.29 is 0 Å². The molecule has 1 aromatic heterocycles. The van der Waals surface area contributed by atoms with Crippen molar-refractivity contribution in [3.63, 3.8) is 0 Å². The zero-order valence-corrected chi connectivity index (χ0v) is 33.3. The Balaban J connectivity index is 1.15. The number of hydrogen-bond donors (Lipinski definition) is 0. The average molecular weight is 772 g/mol. The molecule has 0 unspecified atom stereocenters. The van der Waals surface area contributed by atoms with Gasteiger partial charge in [0.05, 0.1) is 21.9 Å². The lowest BCUT2D eigenvalue weighted by Crippen LogP contribution is -2.43. The quantitative estimate of drug-likeness (QED) is 0.165. The summed E-state index contributed by atoms with van der Waals surface area (Å²) in [6.45, 7) is 0. The van der Waals surface area contributed by atoms with Crippen LogP contribution >= 0.6 is 0 Å². The van der Waals surface area contributed by atoms with E-state index in [1.54, 1.807) is 0 Å². The number of benzene rings is 10. The van der Waals surface area contributed by atoms with Crippen LogP contribution in [0, 0.1) is 0 Å². The molecule has 10 aromatic carbocycles. The van der Waals surface area contributed by atoms with Crippen LogP contribution in [-0.4, -0.2) is 4.57 Å². The summed E-state index contributed by atoms with van der Waals surface area (Å²) in [5.74, 6) is 0. The van der Waals surface area contributed by atoms with Crippen LogP contribution in [0.5, 0.6) is 0 Å². The van der Waals surface area contributed by atoms with Gasteiger partial charge in [-0.2, -0.15) is 0 Å². The second kappa shape index (κ2) is 11.9. The molecule has 0 aliphatic heterocycles. The number of aromatic nitrogens is 1. The molecule has 2 spiro atoms. The van der Waals surface area contributed by atoms with Crippen LogP contribution in [0.25, 0.3) is 71.6 Å². The summed E-state index contributed by atoms with van der Waals surface area (Å²) in [7, 11) is 0. The molecule has 0 fully saturated rings. The molecule has 1 heterocycles. The van der Waals surface area contributed by atoms with Crippen molar-refractivity contribution in [2.75, 3.05) is 0 Å². The predicted molar refractivity (Wildman–Crippen MR) is 252 cm³/mol. The van der Waals surface area contributed by atoms with Crippen molar-refractivity contribution in [1.29, 1.82) is 0 Å². The van der Waals surface area contributed by atoms with E-state index in [9.17, 15) is 0 Å². The van der Waals surface area contributed by atoms with E-state index in [1.165, 1.54) is 110 Å². The van der Waals surface area contributed by atoms with E-state index in [0.717, 1.165) is 5.69 Å². The van der Waals surface area contributed by atoms with Gasteiger partial charge >= 0.3 is 0 Å². The van der Waals surface area contributed by atoms with E-state index in [-0.39, 0.29) is 0 Å². The molecule has 3 aliphatic carbocycles. The van der Waals surface area contributed by atoms with Crippen molar-refractivity contribution in [2.24, 2.45) is 0 Å². The minimum atomic E-state index is -0.569. The Morgan fingerprint density at radius 1 is 0.279 bits per heavy atom. The highest BCUT2D eigenvalue weighted by Crippen LogP contribution is 2.67. The van der Waals surface area contributed by atoms with Crippen LogP contribution in [0.3, 0.4) is 0 Å². The molecule has 14 rings (SSSR count). The first-order valence-corrected chi connectivity index (χ1v) is 21.4. The maximum atomic E-state index is 2.58. The zero-order valence-electron chi connectivity index (χ0n) is 33.3. The lowest BCUT2D eigenvalue weighted by molar-refractivity contribution is 0.633. The Morgan fingerprint density at radius 2 is 0.770 bits per heavy atom. The summed E-state index contributed by atoms with van der Waals surface area (Å²) in [5, 5.41) is 5.09. The molecule has 0 N–H and O–H groups in total. The maximum absolute atomic E-state index is 2.58. The third-order valence-electron chi connectivity index (χ3n) is 14.5. The van der Waals surface area contributed by atoms with Crippen molar-refractivity contribution in [3.8, 4) is 39.1 Å². The zero-order chi connectivity index (χ0) is 39.9. The van der Waals surface area contributed by atoms with E-state index < -0.39 is 10.8 Å². The summed E-state index contributed by atoms with van der Waals surface area (Å²) in [6, 6.07) is 84.8. The smallest absolute Gasteiger partial charge is 0.0720 e. The van der Waals surface area contributed by atoms with E-state index in [2.05, 4.69) is 229 Å². The third-order valence-corrected chi connectivity index (χ3v) is 14.5. The summed E-state index contributed by atoms with van der Waals surface area (Å²) < 4.78 is 2.53.